The number of rotatable bonds is 7. The molecule has 1 saturated heterocycles. The number of hydrogen-bond acceptors (Lipinski definition) is 5. The topological polar surface area (TPSA) is 80.8 Å². The SMILES string of the molecule is CCc1cccc(S(=O)(=O)C2(c3ccc(C(F)(C(F)(F)F)C(F)(F)F)cc3)CCN(C(=O)[C@H]3CC[C@H](C(=O)OC)CC3)C2)c1. The highest BCUT2D eigenvalue weighted by Crippen LogP contribution is 2.54. The number of methoxy groups -OCH3 is 1. The molecule has 1 atom stereocenters. The molecule has 242 valence electrons. The number of esters is 1. The van der Waals surface area contributed by atoms with Crippen LogP contribution in [0.25, 0.3) is 0 Å². The molecule has 2 aromatic rings. The average molecular weight is 652 g/mol. The van der Waals surface area contributed by atoms with Crippen LogP contribution in [0.15, 0.2) is 53.4 Å². The van der Waals surface area contributed by atoms with E-state index in [-0.39, 0.29) is 41.2 Å². The van der Waals surface area contributed by atoms with Crippen molar-refractivity contribution in [3.8, 4) is 0 Å². The number of amides is 1. The maximum absolute atomic E-state index is 14.7. The van der Waals surface area contributed by atoms with Gasteiger partial charge in [0.1, 0.15) is 4.75 Å². The highest BCUT2D eigenvalue weighted by Gasteiger charge is 2.73. The molecule has 1 unspecified atom stereocenters. The zero-order valence-corrected chi connectivity index (χ0v) is 24.8. The third kappa shape index (κ3) is 5.69. The lowest BCUT2D eigenvalue weighted by Gasteiger charge is -2.33. The van der Waals surface area contributed by atoms with E-state index in [2.05, 4.69) is 0 Å². The summed E-state index contributed by atoms with van der Waals surface area (Å²) in [5, 5.41) is 0. The van der Waals surface area contributed by atoms with E-state index in [1.807, 2.05) is 0 Å². The largest absolute Gasteiger partial charge is 0.469 e. The molecule has 1 heterocycles. The zero-order valence-electron chi connectivity index (χ0n) is 24.0. The van der Waals surface area contributed by atoms with Crippen LogP contribution in [0, 0.1) is 11.8 Å². The van der Waals surface area contributed by atoms with Gasteiger partial charge in [0, 0.05) is 24.6 Å². The summed E-state index contributed by atoms with van der Waals surface area (Å²) in [6.07, 6.45) is -10.9. The monoisotopic (exact) mass is 651 g/mol. The Morgan fingerprint density at radius 2 is 1.48 bits per heavy atom. The van der Waals surface area contributed by atoms with E-state index >= 15 is 0 Å². The first-order valence-corrected chi connectivity index (χ1v) is 15.5. The summed E-state index contributed by atoms with van der Waals surface area (Å²) in [4.78, 5) is 26.7. The van der Waals surface area contributed by atoms with Gasteiger partial charge in [0.15, 0.2) is 9.84 Å². The summed E-state index contributed by atoms with van der Waals surface area (Å²) in [5.41, 5.74) is -6.92. The number of aryl methyl sites for hydroxylation is 1. The van der Waals surface area contributed by atoms with E-state index < -0.39 is 50.6 Å². The van der Waals surface area contributed by atoms with Crippen LogP contribution in [0.2, 0.25) is 0 Å². The minimum absolute atomic E-state index is 0.0532. The van der Waals surface area contributed by atoms with Crippen molar-refractivity contribution in [2.45, 2.75) is 73.1 Å². The number of carbonyl (C=O) groups is 2. The Morgan fingerprint density at radius 3 is 2.00 bits per heavy atom. The molecule has 2 aliphatic rings. The normalized spacial score (nSPS) is 23.4. The number of benzene rings is 2. The number of nitrogens with zero attached hydrogens (tertiary/aromatic N) is 1. The molecule has 2 aromatic carbocycles. The van der Waals surface area contributed by atoms with E-state index in [1.54, 1.807) is 13.0 Å². The first-order valence-electron chi connectivity index (χ1n) is 14.1. The minimum Gasteiger partial charge on any atom is -0.469 e. The molecule has 0 spiro atoms. The van der Waals surface area contributed by atoms with Gasteiger partial charge in [-0.3, -0.25) is 9.59 Å². The molecule has 1 aliphatic heterocycles. The molecule has 6 nitrogen and oxygen atoms in total. The lowest BCUT2D eigenvalue weighted by molar-refractivity contribution is -0.348. The smallest absolute Gasteiger partial charge is 0.435 e. The van der Waals surface area contributed by atoms with Gasteiger partial charge in [-0.15, -0.1) is 0 Å². The van der Waals surface area contributed by atoms with Gasteiger partial charge in [-0.1, -0.05) is 43.3 Å². The van der Waals surface area contributed by atoms with Crippen molar-refractivity contribution in [2.75, 3.05) is 20.2 Å². The fourth-order valence-corrected chi connectivity index (χ4v) is 8.38. The molecule has 0 bridgehead atoms. The zero-order chi connectivity index (χ0) is 32.7. The predicted molar refractivity (Wildman–Crippen MR) is 145 cm³/mol. The Morgan fingerprint density at radius 1 is 0.909 bits per heavy atom. The van der Waals surface area contributed by atoms with Crippen molar-refractivity contribution in [1.29, 1.82) is 0 Å². The summed E-state index contributed by atoms with van der Waals surface area (Å²) < 4.78 is 127. The molecular weight excluding hydrogens is 619 g/mol. The van der Waals surface area contributed by atoms with Crippen LogP contribution >= 0.6 is 0 Å². The van der Waals surface area contributed by atoms with E-state index in [1.165, 1.54) is 30.2 Å². The van der Waals surface area contributed by atoms with Gasteiger partial charge in [-0.2, -0.15) is 26.3 Å². The quantitative estimate of drug-likeness (QED) is 0.255. The van der Waals surface area contributed by atoms with Crippen LogP contribution in [0.1, 0.15) is 55.7 Å². The number of halogens is 7. The second-order valence-corrected chi connectivity index (χ2v) is 13.6. The number of sulfone groups is 1. The summed E-state index contributed by atoms with van der Waals surface area (Å²) >= 11 is 0. The summed E-state index contributed by atoms with van der Waals surface area (Å²) in [6.45, 7) is 1.33. The van der Waals surface area contributed by atoms with Crippen LogP contribution < -0.4 is 0 Å². The Hall–Kier alpha value is -3.16. The molecule has 1 aliphatic carbocycles. The number of alkyl halides is 7. The van der Waals surface area contributed by atoms with Crippen LogP contribution in [0.3, 0.4) is 0 Å². The van der Waals surface area contributed by atoms with Crippen molar-refractivity contribution < 1.29 is 53.5 Å². The van der Waals surface area contributed by atoms with Gasteiger partial charge in [-0.05, 0) is 61.8 Å². The first kappa shape index (κ1) is 33.7. The van der Waals surface area contributed by atoms with E-state index in [0.29, 0.717) is 49.8 Å². The van der Waals surface area contributed by atoms with Gasteiger partial charge >= 0.3 is 24.0 Å². The maximum atomic E-state index is 14.7. The Bertz CT molecular complexity index is 1470. The second kappa shape index (κ2) is 12.0. The minimum atomic E-state index is -6.33. The van der Waals surface area contributed by atoms with E-state index in [0.717, 1.165) is 12.1 Å². The molecule has 14 heteroatoms. The highest BCUT2D eigenvalue weighted by atomic mass is 32.2. The number of ether oxygens (including phenoxy) is 1. The number of likely N-dealkylation sites (tertiary alicyclic amines) is 1. The molecule has 0 radical (unpaired) electrons. The van der Waals surface area contributed by atoms with Crippen LogP contribution in [0.4, 0.5) is 30.7 Å². The molecule has 0 N–H and O–H groups in total. The van der Waals surface area contributed by atoms with Crippen molar-refractivity contribution in [1.82, 2.24) is 4.90 Å². The summed E-state index contributed by atoms with van der Waals surface area (Å²) in [6, 6.07) is 8.11. The first-order chi connectivity index (χ1) is 20.4. The molecule has 0 aromatic heterocycles. The lowest BCUT2D eigenvalue weighted by Crippen LogP contribution is -2.50. The van der Waals surface area contributed by atoms with E-state index in [4.69, 9.17) is 4.74 Å². The fraction of sp³-hybridized carbons (Fsp3) is 0.533. The van der Waals surface area contributed by atoms with Gasteiger partial charge in [0.2, 0.25) is 5.91 Å². The number of carbonyl (C=O) groups excluding carboxylic acids is 2. The lowest BCUT2D eigenvalue weighted by atomic mass is 9.81. The van der Waals surface area contributed by atoms with Crippen LogP contribution in [0.5, 0.6) is 0 Å². The van der Waals surface area contributed by atoms with Crippen LogP contribution in [-0.2, 0) is 41.0 Å². The predicted octanol–water partition coefficient (Wildman–Crippen LogP) is 6.42. The van der Waals surface area contributed by atoms with Gasteiger partial charge in [-0.25, -0.2) is 12.8 Å². The molecule has 44 heavy (non-hydrogen) atoms. The summed E-state index contributed by atoms with van der Waals surface area (Å²) in [7, 11) is -3.13. The maximum Gasteiger partial charge on any atom is 0.435 e. The number of hydrogen-bond donors (Lipinski definition) is 0. The van der Waals surface area contributed by atoms with Crippen molar-refractivity contribution in [3.63, 3.8) is 0 Å². The Balaban J connectivity index is 1.74. The Labute approximate surface area is 250 Å². The molecule has 4 rings (SSSR count). The Kier molecular flexibility index (Phi) is 9.18. The average Bonchev–Trinajstić information content (AvgIpc) is 3.46. The fourth-order valence-electron chi connectivity index (χ4n) is 6.23. The third-order valence-corrected chi connectivity index (χ3v) is 11.3. The summed E-state index contributed by atoms with van der Waals surface area (Å²) in [5.74, 6) is -1.61. The molecule has 2 fully saturated rings. The van der Waals surface area contributed by atoms with Gasteiger partial charge in [0.05, 0.1) is 17.9 Å². The van der Waals surface area contributed by atoms with Crippen LogP contribution in [-0.4, -0.2) is 57.7 Å². The van der Waals surface area contributed by atoms with E-state index in [9.17, 15) is 48.7 Å². The molecule has 1 saturated carbocycles. The molecule has 1 amide bonds. The highest BCUT2D eigenvalue weighted by molar-refractivity contribution is 7.92. The standard InChI is InChI=1S/C30H32F7NO5S/c1-3-19-5-4-6-24(17-19)44(41,42)27(22-11-13-23(14-12-22)28(31,29(32,33)34)30(35,36)37)15-16-38(18-27)25(39)20-7-9-21(10-8-20)26(40)43-2/h4-6,11-14,17,20-21H,3,7-10,15-16,18H2,1-2H3/t20-,21-,27?. The van der Waals surface area contributed by atoms with Crippen molar-refractivity contribution in [3.05, 3.63) is 65.2 Å². The third-order valence-electron chi connectivity index (χ3n) is 8.88. The van der Waals surface area contributed by atoms with Crippen molar-refractivity contribution in [2.24, 2.45) is 11.8 Å². The van der Waals surface area contributed by atoms with Gasteiger partial charge in [0.25, 0.3) is 0 Å². The van der Waals surface area contributed by atoms with Crippen molar-refractivity contribution >= 4 is 21.7 Å². The van der Waals surface area contributed by atoms with Gasteiger partial charge < -0.3 is 9.64 Å². The molecular formula is C30H32F7NO5S. The second-order valence-electron chi connectivity index (χ2n) is 11.3.